The number of rotatable bonds is 1. The van der Waals surface area contributed by atoms with Crippen LogP contribution in [0.3, 0.4) is 0 Å². The van der Waals surface area contributed by atoms with Gasteiger partial charge in [0.15, 0.2) is 0 Å². The number of hydrogen-bond acceptors (Lipinski definition) is 2. The first-order valence-electron chi connectivity index (χ1n) is 6.71. The monoisotopic (exact) mass is 273 g/mol. The number of benzene rings is 2. The van der Waals surface area contributed by atoms with E-state index in [9.17, 15) is 10.1 Å². The lowest BCUT2D eigenvalue weighted by molar-refractivity contribution is 0.0955. The number of hydrogen-bond donors (Lipinski definition) is 2. The van der Waals surface area contributed by atoms with Crippen LogP contribution in [-0.4, -0.2) is 17.4 Å². The summed E-state index contributed by atoms with van der Waals surface area (Å²) in [5, 5.41) is 14.8. The highest BCUT2D eigenvalue weighted by atomic mass is 16.1. The van der Waals surface area contributed by atoms with Crippen LogP contribution >= 0.6 is 0 Å². The van der Waals surface area contributed by atoms with Crippen molar-refractivity contribution in [3.8, 4) is 17.3 Å². The minimum Gasteiger partial charge on any atom is -0.361 e. The van der Waals surface area contributed by atoms with Crippen LogP contribution in [0.15, 0.2) is 36.5 Å². The SMILES string of the molecule is N#Cc1c2c(c3cc1ccc3-c1ccc[nH]1)=CCNC2=O. The maximum absolute atomic E-state index is 12.2. The van der Waals surface area contributed by atoms with Gasteiger partial charge in [-0.05, 0) is 34.2 Å². The van der Waals surface area contributed by atoms with Crippen LogP contribution in [0.5, 0.6) is 0 Å². The molecule has 1 amide bonds. The van der Waals surface area contributed by atoms with Crippen molar-refractivity contribution in [2.24, 2.45) is 0 Å². The summed E-state index contributed by atoms with van der Waals surface area (Å²) in [4.78, 5) is 15.4. The van der Waals surface area contributed by atoms with E-state index in [1.54, 1.807) is 0 Å². The van der Waals surface area contributed by atoms with Crippen LogP contribution in [0.25, 0.3) is 28.1 Å². The Balaban J connectivity index is 2.20. The van der Waals surface area contributed by atoms with Gasteiger partial charge in [0.2, 0.25) is 0 Å². The molecule has 0 atom stereocenters. The predicted molar refractivity (Wildman–Crippen MR) is 80.5 cm³/mol. The van der Waals surface area contributed by atoms with E-state index in [2.05, 4.69) is 16.4 Å². The summed E-state index contributed by atoms with van der Waals surface area (Å²) in [5.41, 5.74) is 2.98. The highest BCUT2D eigenvalue weighted by molar-refractivity contribution is 6.05. The molecule has 1 aliphatic heterocycles. The summed E-state index contributed by atoms with van der Waals surface area (Å²) in [5.74, 6) is -0.173. The molecule has 2 N–H and O–H groups in total. The summed E-state index contributed by atoms with van der Waals surface area (Å²) < 4.78 is 0. The number of fused-ring (bicyclic) bond motifs is 4. The van der Waals surface area contributed by atoms with E-state index in [0.717, 1.165) is 27.2 Å². The molecule has 0 fully saturated rings. The molecule has 0 spiro atoms. The second-order valence-electron chi connectivity index (χ2n) is 5.03. The van der Waals surface area contributed by atoms with Gasteiger partial charge in [-0.25, -0.2) is 0 Å². The van der Waals surface area contributed by atoms with E-state index >= 15 is 0 Å². The molecular weight excluding hydrogens is 262 g/mol. The van der Waals surface area contributed by atoms with Gasteiger partial charge in [-0.3, -0.25) is 4.79 Å². The third kappa shape index (κ3) is 1.58. The van der Waals surface area contributed by atoms with Gasteiger partial charge in [-0.1, -0.05) is 18.2 Å². The Hall–Kier alpha value is -3.06. The van der Waals surface area contributed by atoms with Gasteiger partial charge in [0, 0.05) is 24.0 Å². The smallest absolute Gasteiger partial charge is 0.253 e. The van der Waals surface area contributed by atoms with Gasteiger partial charge in [-0.2, -0.15) is 5.26 Å². The van der Waals surface area contributed by atoms with Gasteiger partial charge in [0.25, 0.3) is 5.91 Å². The number of nitrogens with zero attached hydrogens (tertiary/aromatic N) is 1. The van der Waals surface area contributed by atoms with Crippen LogP contribution < -0.4 is 10.5 Å². The zero-order valence-corrected chi connectivity index (χ0v) is 11.1. The fraction of sp³-hybridized carbons (Fsp3) is 0.0588. The summed E-state index contributed by atoms with van der Waals surface area (Å²) in [6, 6.07) is 12.0. The van der Waals surface area contributed by atoms with E-state index in [4.69, 9.17) is 0 Å². The first-order chi connectivity index (χ1) is 10.3. The normalized spacial score (nSPS) is 13.4. The molecule has 0 saturated carbocycles. The van der Waals surface area contributed by atoms with Crippen LogP contribution in [0.2, 0.25) is 0 Å². The molecule has 2 aromatic carbocycles. The van der Waals surface area contributed by atoms with Crippen LogP contribution in [0, 0.1) is 11.3 Å². The molecule has 0 aliphatic carbocycles. The molecular formula is C17H11N3O. The largest absolute Gasteiger partial charge is 0.361 e. The second-order valence-corrected chi connectivity index (χ2v) is 5.03. The fourth-order valence-electron chi connectivity index (χ4n) is 2.97. The molecule has 1 aromatic heterocycles. The van der Waals surface area contributed by atoms with Gasteiger partial charge in [-0.15, -0.1) is 0 Å². The number of nitriles is 1. The third-order valence-electron chi connectivity index (χ3n) is 3.91. The predicted octanol–water partition coefficient (Wildman–Crippen LogP) is 1.95. The van der Waals surface area contributed by atoms with E-state index in [-0.39, 0.29) is 5.91 Å². The molecule has 1 aliphatic rings. The number of aromatic amines is 1. The summed E-state index contributed by atoms with van der Waals surface area (Å²) in [7, 11) is 0. The summed E-state index contributed by atoms with van der Waals surface area (Å²) in [6.45, 7) is 0.491. The quantitative estimate of drug-likeness (QED) is 0.711. The van der Waals surface area contributed by atoms with Gasteiger partial charge >= 0.3 is 0 Å². The molecule has 4 nitrogen and oxygen atoms in total. The highest BCUT2D eigenvalue weighted by Gasteiger charge is 2.21. The van der Waals surface area contributed by atoms with Gasteiger partial charge < -0.3 is 10.3 Å². The number of aromatic nitrogens is 1. The summed E-state index contributed by atoms with van der Waals surface area (Å²) in [6.07, 6.45) is 3.84. The van der Waals surface area contributed by atoms with Crippen molar-refractivity contribution in [2.45, 2.75) is 0 Å². The molecule has 0 unspecified atom stereocenters. The van der Waals surface area contributed by atoms with E-state index in [1.807, 2.05) is 42.6 Å². The number of carbonyl (C=O) groups excluding carboxylic acids is 1. The topological polar surface area (TPSA) is 68.7 Å². The van der Waals surface area contributed by atoms with Crippen molar-refractivity contribution in [3.05, 3.63) is 52.9 Å². The molecule has 0 saturated heterocycles. The van der Waals surface area contributed by atoms with Crippen molar-refractivity contribution >= 4 is 22.8 Å². The van der Waals surface area contributed by atoms with Crippen LogP contribution in [0.1, 0.15) is 15.9 Å². The first-order valence-corrected chi connectivity index (χ1v) is 6.71. The molecule has 0 radical (unpaired) electrons. The van der Waals surface area contributed by atoms with Crippen molar-refractivity contribution in [2.75, 3.05) is 6.54 Å². The minimum atomic E-state index is -0.173. The first kappa shape index (κ1) is 11.7. The Kier molecular flexibility index (Phi) is 2.36. The third-order valence-corrected chi connectivity index (χ3v) is 3.91. The molecule has 4 rings (SSSR count). The van der Waals surface area contributed by atoms with Crippen LogP contribution in [-0.2, 0) is 0 Å². The highest BCUT2D eigenvalue weighted by Crippen LogP contribution is 2.27. The Morgan fingerprint density at radius 1 is 1.24 bits per heavy atom. The molecule has 21 heavy (non-hydrogen) atoms. The zero-order valence-electron chi connectivity index (χ0n) is 11.1. The van der Waals surface area contributed by atoms with E-state index < -0.39 is 0 Å². The van der Waals surface area contributed by atoms with Gasteiger partial charge in [0.1, 0.15) is 6.07 Å². The Bertz CT molecular complexity index is 962. The lowest BCUT2D eigenvalue weighted by Gasteiger charge is -2.16. The van der Waals surface area contributed by atoms with E-state index in [0.29, 0.717) is 17.7 Å². The Morgan fingerprint density at radius 3 is 2.90 bits per heavy atom. The standard InChI is InChI=1S/C17H11N3O/c18-9-14-10-3-4-11(15-2-1-6-19-15)13(8-10)12-5-7-20-17(21)16(12)14/h1-6,8,19H,7H2,(H,20,21). The second kappa shape index (κ2) is 4.22. The number of nitrogens with one attached hydrogen (secondary N) is 2. The van der Waals surface area contributed by atoms with Crippen LogP contribution in [0.4, 0.5) is 0 Å². The average Bonchev–Trinajstić information content (AvgIpc) is 3.03. The summed E-state index contributed by atoms with van der Waals surface area (Å²) >= 11 is 0. The van der Waals surface area contributed by atoms with Gasteiger partial charge in [0.05, 0.1) is 11.1 Å². The van der Waals surface area contributed by atoms with E-state index in [1.165, 1.54) is 0 Å². The average molecular weight is 273 g/mol. The lowest BCUT2D eigenvalue weighted by atomic mass is 9.91. The molecule has 3 aromatic rings. The fourth-order valence-corrected chi connectivity index (χ4v) is 2.97. The molecule has 4 heteroatoms. The number of carbonyl (C=O) groups is 1. The maximum Gasteiger partial charge on any atom is 0.253 e. The number of amides is 1. The molecule has 2 bridgehead atoms. The van der Waals surface area contributed by atoms with Crippen molar-refractivity contribution in [1.82, 2.24) is 10.3 Å². The van der Waals surface area contributed by atoms with Crippen molar-refractivity contribution < 1.29 is 4.79 Å². The molecule has 2 heterocycles. The Labute approximate surface area is 120 Å². The lowest BCUT2D eigenvalue weighted by Crippen LogP contribution is -2.36. The Morgan fingerprint density at radius 2 is 2.14 bits per heavy atom. The molecule has 100 valence electrons. The maximum atomic E-state index is 12.2. The minimum absolute atomic E-state index is 0.173. The van der Waals surface area contributed by atoms with Crippen molar-refractivity contribution in [3.63, 3.8) is 0 Å². The number of H-pyrrole nitrogens is 1. The van der Waals surface area contributed by atoms with Crippen molar-refractivity contribution in [1.29, 1.82) is 5.26 Å². The zero-order chi connectivity index (χ0) is 14.4.